The third-order valence-electron chi connectivity index (χ3n) is 3.17. The summed E-state index contributed by atoms with van der Waals surface area (Å²) in [5.74, 6) is 0. The molecule has 0 aromatic heterocycles. The van der Waals surface area contributed by atoms with Gasteiger partial charge in [0.2, 0.25) is 0 Å². The molecule has 0 amide bonds. The van der Waals surface area contributed by atoms with Crippen molar-refractivity contribution in [1.29, 1.82) is 0 Å². The van der Waals surface area contributed by atoms with E-state index in [1.54, 1.807) is 47.6 Å². The van der Waals surface area contributed by atoms with Crippen LogP contribution in [0.25, 0.3) is 0 Å². The van der Waals surface area contributed by atoms with Crippen LogP contribution >= 0.6 is 0 Å². The minimum atomic E-state index is -0.701. The summed E-state index contributed by atoms with van der Waals surface area (Å²) in [5.41, 5.74) is -1.19. The van der Waals surface area contributed by atoms with Crippen molar-refractivity contribution in [2.45, 2.75) is 97.6 Å². The largest absolute Gasteiger partial charge is 0.509 e. The van der Waals surface area contributed by atoms with E-state index >= 15 is 0 Å². The summed E-state index contributed by atoms with van der Waals surface area (Å²) in [4.78, 5) is 23.5. The van der Waals surface area contributed by atoms with Crippen molar-refractivity contribution in [3.63, 3.8) is 0 Å². The molecule has 156 valence electrons. The molecule has 6 nitrogen and oxygen atoms in total. The van der Waals surface area contributed by atoms with Crippen molar-refractivity contribution in [3.05, 3.63) is 24.8 Å². The number of ether oxygens (including phenoxy) is 4. The fourth-order valence-corrected chi connectivity index (χ4v) is 2.12. The van der Waals surface area contributed by atoms with Crippen molar-refractivity contribution in [3.8, 4) is 0 Å². The van der Waals surface area contributed by atoms with E-state index in [1.165, 1.54) is 0 Å². The van der Waals surface area contributed by atoms with E-state index in [0.29, 0.717) is 12.8 Å². The summed E-state index contributed by atoms with van der Waals surface area (Å²) >= 11 is 0. The lowest BCUT2D eigenvalue weighted by Gasteiger charge is -2.22. The Hall–Kier alpha value is -1.98. The van der Waals surface area contributed by atoms with Crippen LogP contribution < -0.4 is 0 Å². The molecule has 0 bridgehead atoms. The molecule has 2 unspecified atom stereocenters. The van der Waals surface area contributed by atoms with Gasteiger partial charge in [-0.1, -0.05) is 18.7 Å². The number of hydrogen-bond donors (Lipinski definition) is 0. The van der Waals surface area contributed by atoms with Crippen molar-refractivity contribution in [2.24, 2.45) is 0 Å². The van der Waals surface area contributed by atoms with Gasteiger partial charge in [-0.2, -0.15) is 0 Å². The van der Waals surface area contributed by atoms with Gasteiger partial charge < -0.3 is 18.9 Å². The van der Waals surface area contributed by atoms with E-state index in [-0.39, 0.29) is 6.10 Å². The highest BCUT2D eigenvalue weighted by Gasteiger charge is 2.21. The van der Waals surface area contributed by atoms with Gasteiger partial charge in [-0.15, -0.1) is 0 Å². The molecule has 0 spiro atoms. The highest BCUT2D eigenvalue weighted by molar-refractivity contribution is 5.61. The Labute approximate surface area is 163 Å². The standard InChI is InChI=1S/C21H36O6/c1-9-13-17(25-19(23)27-21(6,7)8)15-12-11-14-16(10-2)24-18(22)26-20(3,4)5/h9-10,13,16-17H,2,11-12,14-15H2,1,3-8H3/b13-9+. The maximum absolute atomic E-state index is 11.8. The van der Waals surface area contributed by atoms with Crippen molar-refractivity contribution in [2.75, 3.05) is 0 Å². The molecular formula is C21H36O6. The number of unbranched alkanes of at least 4 members (excludes halogenated alkanes) is 1. The van der Waals surface area contributed by atoms with Crippen LogP contribution in [0.2, 0.25) is 0 Å². The Bertz CT molecular complexity index is 496. The summed E-state index contributed by atoms with van der Waals surface area (Å²) in [7, 11) is 0. The zero-order valence-electron chi connectivity index (χ0n) is 17.9. The minimum Gasteiger partial charge on any atom is -0.429 e. The van der Waals surface area contributed by atoms with E-state index in [0.717, 1.165) is 12.8 Å². The zero-order chi connectivity index (χ0) is 21.1. The van der Waals surface area contributed by atoms with Gasteiger partial charge in [0.15, 0.2) is 0 Å². The van der Waals surface area contributed by atoms with Gasteiger partial charge in [0.05, 0.1) is 0 Å². The van der Waals surface area contributed by atoms with E-state index in [4.69, 9.17) is 18.9 Å². The molecule has 0 radical (unpaired) electrons. The highest BCUT2D eigenvalue weighted by atomic mass is 16.7. The summed E-state index contributed by atoms with van der Waals surface area (Å²) < 4.78 is 20.9. The molecule has 0 N–H and O–H groups in total. The molecule has 0 aliphatic carbocycles. The number of allylic oxidation sites excluding steroid dienone is 1. The van der Waals surface area contributed by atoms with Crippen LogP contribution in [0.1, 0.15) is 74.1 Å². The third-order valence-corrected chi connectivity index (χ3v) is 3.17. The Morgan fingerprint density at radius 2 is 1.26 bits per heavy atom. The summed E-state index contributed by atoms with van der Waals surface area (Å²) in [5, 5.41) is 0. The van der Waals surface area contributed by atoms with Gasteiger partial charge in [-0.05, 0) is 80.2 Å². The Kier molecular flexibility index (Phi) is 10.8. The maximum atomic E-state index is 11.8. The second kappa shape index (κ2) is 11.7. The fourth-order valence-electron chi connectivity index (χ4n) is 2.12. The predicted octanol–water partition coefficient (Wildman–Crippen LogP) is 5.95. The van der Waals surface area contributed by atoms with Gasteiger partial charge in [-0.3, -0.25) is 0 Å². The molecule has 0 rings (SSSR count). The van der Waals surface area contributed by atoms with Crippen molar-refractivity contribution < 1.29 is 28.5 Å². The molecule has 0 heterocycles. The average molecular weight is 385 g/mol. The van der Waals surface area contributed by atoms with Crippen LogP contribution in [0, 0.1) is 0 Å². The monoisotopic (exact) mass is 384 g/mol. The molecule has 0 aromatic carbocycles. The molecule has 0 aliphatic heterocycles. The Morgan fingerprint density at radius 1 is 0.852 bits per heavy atom. The summed E-state index contributed by atoms with van der Waals surface area (Å²) in [6.45, 7) is 16.3. The normalized spacial score (nSPS) is 14.3. The Morgan fingerprint density at radius 3 is 1.63 bits per heavy atom. The van der Waals surface area contributed by atoms with Gasteiger partial charge in [-0.25, -0.2) is 9.59 Å². The van der Waals surface area contributed by atoms with E-state index in [1.807, 2.05) is 19.1 Å². The summed E-state index contributed by atoms with van der Waals surface area (Å²) in [6.07, 6.45) is 5.97. The quantitative estimate of drug-likeness (QED) is 0.278. The second-order valence-corrected chi connectivity index (χ2v) is 8.29. The van der Waals surface area contributed by atoms with E-state index in [2.05, 4.69) is 6.58 Å². The van der Waals surface area contributed by atoms with E-state index in [9.17, 15) is 9.59 Å². The van der Waals surface area contributed by atoms with Crippen LogP contribution in [0.5, 0.6) is 0 Å². The number of rotatable bonds is 9. The molecule has 0 saturated heterocycles. The SMILES string of the molecule is C=CC(CCCCC(/C=C/C)OC(=O)OC(C)(C)C)OC(=O)OC(C)(C)C. The van der Waals surface area contributed by atoms with Gasteiger partial charge in [0.25, 0.3) is 0 Å². The second-order valence-electron chi connectivity index (χ2n) is 8.29. The number of carbonyl (C=O) groups is 2. The average Bonchev–Trinajstić information content (AvgIpc) is 2.46. The van der Waals surface area contributed by atoms with Crippen LogP contribution in [0.3, 0.4) is 0 Å². The molecule has 0 aromatic rings. The van der Waals surface area contributed by atoms with Gasteiger partial charge in [0, 0.05) is 0 Å². The van der Waals surface area contributed by atoms with Gasteiger partial charge >= 0.3 is 12.3 Å². The smallest absolute Gasteiger partial charge is 0.429 e. The van der Waals surface area contributed by atoms with Crippen molar-refractivity contribution >= 4 is 12.3 Å². The maximum Gasteiger partial charge on any atom is 0.509 e. The minimum absolute atomic E-state index is 0.348. The molecule has 2 atom stereocenters. The first-order chi connectivity index (χ1) is 12.4. The molecular weight excluding hydrogens is 348 g/mol. The van der Waals surface area contributed by atoms with Gasteiger partial charge in [0.1, 0.15) is 23.4 Å². The zero-order valence-corrected chi connectivity index (χ0v) is 17.9. The Balaban J connectivity index is 4.33. The molecule has 0 fully saturated rings. The fraction of sp³-hybridized carbons (Fsp3) is 0.714. The van der Waals surface area contributed by atoms with Crippen LogP contribution in [-0.2, 0) is 18.9 Å². The number of carbonyl (C=O) groups excluding carboxylic acids is 2. The molecule has 27 heavy (non-hydrogen) atoms. The molecule has 0 aliphatic rings. The lowest BCUT2D eigenvalue weighted by molar-refractivity contribution is -0.0232. The lowest BCUT2D eigenvalue weighted by Crippen LogP contribution is -2.27. The summed E-state index contributed by atoms with van der Waals surface area (Å²) in [6, 6.07) is 0. The third kappa shape index (κ3) is 14.8. The molecule has 0 saturated carbocycles. The van der Waals surface area contributed by atoms with Crippen LogP contribution in [-0.4, -0.2) is 35.7 Å². The predicted molar refractivity (Wildman–Crippen MR) is 106 cm³/mol. The van der Waals surface area contributed by atoms with Crippen molar-refractivity contribution in [1.82, 2.24) is 0 Å². The van der Waals surface area contributed by atoms with Crippen LogP contribution in [0.15, 0.2) is 24.8 Å². The number of hydrogen-bond acceptors (Lipinski definition) is 6. The van der Waals surface area contributed by atoms with Crippen LogP contribution in [0.4, 0.5) is 9.59 Å². The first-order valence-corrected chi connectivity index (χ1v) is 9.41. The van der Waals surface area contributed by atoms with E-state index < -0.39 is 29.6 Å². The highest BCUT2D eigenvalue weighted by Crippen LogP contribution is 2.16. The first kappa shape index (κ1) is 25.0. The topological polar surface area (TPSA) is 71.1 Å². The molecule has 6 heteroatoms. The first-order valence-electron chi connectivity index (χ1n) is 9.41. The lowest BCUT2D eigenvalue weighted by atomic mass is 10.1.